The molecule has 1 atom stereocenters. The molecule has 3 rings (SSSR count). The summed E-state index contributed by atoms with van der Waals surface area (Å²) in [6.07, 6.45) is 4.10. The van der Waals surface area contributed by atoms with Gasteiger partial charge in [0.2, 0.25) is 7.29 Å². The Hall–Kier alpha value is -1.92. The van der Waals surface area contributed by atoms with Gasteiger partial charge < -0.3 is 0 Å². The van der Waals surface area contributed by atoms with Crippen molar-refractivity contribution in [3.8, 4) is 0 Å². The predicted molar refractivity (Wildman–Crippen MR) is 99.3 cm³/mol. The van der Waals surface area contributed by atoms with E-state index in [9.17, 15) is 4.57 Å². The highest BCUT2D eigenvalue weighted by Crippen LogP contribution is 2.46. The molecule has 2 aromatic rings. The molecule has 2 nitrogen and oxygen atoms in total. The smallest absolute Gasteiger partial charge is 0.247 e. The van der Waals surface area contributed by atoms with Crippen LogP contribution in [0.2, 0.25) is 0 Å². The first kappa shape index (κ1) is 16.0. The van der Waals surface area contributed by atoms with Crippen LogP contribution in [0.5, 0.6) is 0 Å². The fourth-order valence-corrected chi connectivity index (χ4v) is 5.34. The lowest BCUT2D eigenvalue weighted by Gasteiger charge is -2.21. The summed E-state index contributed by atoms with van der Waals surface area (Å²) in [5.74, 6) is 0.554. The molecule has 2 aromatic carbocycles. The Morgan fingerprint density at radius 1 is 0.913 bits per heavy atom. The second-order valence-corrected chi connectivity index (χ2v) is 8.73. The zero-order valence-electron chi connectivity index (χ0n) is 13.6. The first-order valence-electron chi connectivity index (χ1n) is 8.05. The Morgan fingerprint density at radius 2 is 1.43 bits per heavy atom. The number of hydrogen-bond acceptors (Lipinski definition) is 1. The van der Waals surface area contributed by atoms with Crippen LogP contribution in [0.15, 0.2) is 77.1 Å². The molecule has 0 radical (unpaired) electrons. The summed E-state index contributed by atoms with van der Waals surface area (Å²) in [6, 6.07) is 19.3. The highest BCUT2D eigenvalue weighted by atomic mass is 31.2. The van der Waals surface area contributed by atoms with Crippen LogP contribution < -0.4 is 10.6 Å². The van der Waals surface area contributed by atoms with Crippen molar-refractivity contribution in [2.24, 2.45) is 10.7 Å². The first-order valence-corrected chi connectivity index (χ1v) is 9.71. The van der Waals surface area contributed by atoms with E-state index in [0.717, 1.165) is 29.2 Å². The topological polar surface area (TPSA) is 29.4 Å². The molecule has 0 amide bonds. The van der Waals surface area contributed by atoms with Crippen LogP contribution in [-0.2, 0) is 4.57 Å². The second kappa shape index (κ2) is 6.68. The standard InChI is InChI=1S/C20H22NOP/c1-16-13-17(2)15-18(14-16)21-23(22,19-9-5-3-6-10-19)20-11-7-4-8-12-20/h3-12,14,17H,13,15H2,1-2H3/b21-18+. The van der Waals surface area contributed by atoms with Gasteiger partial charge in [-0.05, 0) is 56.0 Å². The molecule has 0 heterocycles. The van der Waals surface area contributed by atoms with Gasteiger partial charge in [0.25, 0.3) is 0 Å². The summed E-state index contributed by atoms with van der Waals surface area (Å²) < 4.78 is 18.7. The molecule has 23 heavy (non-hydrogen) atoms. The van der Waals surface area contributed by atoms with Gasteiger partial charge in [0.05, 0.1) is 0 Å². The lowest BCUT2D eigenvalue weighted by atomic mass is 9.90. The van der Waals surface area contributed by atoms with Crippen molar-refractivity contribution in [3.63, 3.8) is 0 Å². The van der Waals surface area contributed by atoms with Crippen LogP contribution in [0.25, 0.3) is 0 Å². The Kier molecular flexibility index (Phi) is 4.63. The average molecular weight is 323 g/mol. The number of benzene rings is 2. The van der Waals surface area contributed by atoms with E-state index in [0.29, 0.717) is 5.92 Å². The molecule has 0 fully saturated rings. The van der Waals surface area contributed by atoms with Gasteiger partial charge in [-0.25, -0.2) is 4.76 Å². The number of nitrogens with zero attached hydrogens (tertiary/aromatic N) is 1. The van der Waals surface area contributed by atoms with E-state index in [2.05, 4.69) is 19.9 Å². The molecule has 0 spiro atoms. The van der Waals surface area contributed by atoms with E-state index in [1.807, 2.05) is 60.7 Å². The van der Waals surface area contributed by atoms with Gasteiger partial charge >= 0.3 is 0 Å². The zero-order chi connectivity index (χ0) is 16.3. The molecule has 0 aromatic heterocycles. The summed E-state index contributed by atoms with van der Waals surface area (Å²) in [7, 11) is -3.00. The number of allylic oxidation sites excluding steroid dienone is 2. The van der Waals surface area contributed by atoms with E-state index in [4.69, 9.17) is 4.76 Å². The monoisotopic (exact) mass is 323 g/mol. The zero-order valence-corrected chi connectivity index (χ0v) is 14.5. The lowest BCUT2D eigenvalue weighted by molar-refractivity contribution is 0.584. The van der Waals surface area contributed by atoms with Gasteiger partial charge in [-0.15, -0.1) is 0 Å². The molecule has 0 aliphatic heterocycles. The van der Waals surface area contributed by atoms with Gasteiger partial charge in [-0.1, -0.05) is 48.9 Å². The Bertz CT molecular complexity index is 734. The lowest BCUT2D eigenvalue weighted by Crippen LogP contribution is -2.17. The quantitative estimate of drug-likeness (QED) is 0.751. The van der Waals surface area contributed by atoms with Crippen LogP contribution in [0.4, 0.5) is 0 Å². The SMILES string of the molecule is CC1=C/C(=N\P(=O)(c2ccccc2)c2ccccc2)CC(C)C1. The minimum absolute atomic E-state index is 0.554. The van der Waals surface area contributed by atoms with E-state index in [1.165, 1.54) is 5.57 Å². The van der Waals surface area contributed by atoms with Gasteiger partial charge in [-0.2, -0.15) is 0 Å². The third-order valence-electron chi connectivity index (χ3n) is 4.12. The summed E-state index contributed by atoms with van der Waals surface area (Å²) in [5, 5.41) is 1.59. The van der Waals surface area contributed by atoms with Crippen molar-refractivity contribution in [1.82, 2.24) is 0 Å². The number of hydrogen-bond donors (Lipinski definition) is 0. The Morgan fingerprint density at radius 3 is 1.91 bits per heavy atom. The van der Waals surface area contributed by atoms with Crippen molar-refractivity contribution in [1.29, 1.82) is 0 Å². The summed E-state index contributed by atoms with van der Waals surface area (Å²) in [4.78, 5) is 0. The maximum absolute atomic E-state index is 13.9. The summed E-state index contributed by atoms with van der Waals surface area (Å²) in [5.41, 5.74) is 2.27. The summed E-state index contributed by atoms with van der Waals surface area (Å²) >= 11 is 0. The molecule has 0 saturated carbocycles. The van der Waals surface area contributed by atoms with Crippen molar-refractivity contribution < 1.29 is 4.57 Å². The third kappa shape index (κ3) is 3.54. The average Bonchev–Trinajstić information content (AvgIpc) is 2.55. The van der Waals surface area contributed by atoms with Gasteiger partial charge in [-0.3, -0.25) is 4.57 Å². The third-order valence-corrected chi connectivity index (χ3v) is 6.66. The van der Waals surface area contributed by atoms with Crippen molar-refractivity contribution in [2.75, 3.05) is 0 Å². The van der Waals surface area contributed by atoms with Crippen molar-refractivity contribution >= 4 is 23.6 Å². The molecule has 0 N–H and O–H groups in total. The molecule has 1 unspecified atom stereocenters. The molecular formula is C20H22NOP. The maximum Gasteiger partial charge on any atom is 0.247 e. The normalized spacial score (nSPS) is 20.3. The van der Waals surface area contributed by atoms with Crippen LogP contribution >= 0.6 is 7.29 Å². The van der Waals surface area contributed by atoms with Gasteiger partial charge in [0.15, 0.2) is 0 Å². The summed E-state index contributed by atoms with van der Waals surface area (Å²) in [6.45, 7) is 4.35. The first-order chi connectivity index (χ1) is 11.1. The maximum atomic E-state index is 13.9. The van der Waals surface area contributed by atoms with Crippen LogP contribution in [0.3, 0.4) is 0 Å². The van der Waals surface area contributed by atoms with E-state index < -0.39 is 7.29 Å². The largest absolute Gasteiger partial charge is 0.288 e. The second-order valence-electron chi connectivity index (χ2n) is 6.34. The Balaban J connectivity index is 2.14. The van der Waals surface area contributed by atoms with Crippen LogP contribution in [-0.4, -0.2) is 5.71 Å². The molecule has 0 saturated heterocycles. The highest BCUT2D eigenvalue weighted by Gasteiger charge is 2.27. The molecule has 3 heteroatoms. The molecule has 118 valence electrons. The van der Waals surface area contributed by atoms with E-state index in [1.54, 1.807) is 0 Å². The Labute approximate surface area is 138 Å². The molecule has 1 aliphatic carbocycles. The number of rotatable bonds is 3. The predicted octanol–water partition coefficient (Wildman–Crippen LogP) is 4.73. The molecular weight excluding hydrogens is 301 g/mol. The highest BCUT2D eigenvalue weighted by molar-refractivity contribution is 7.77. The van der Waals surface area contributed by atoms with Gasteiger partial charge in [0, 0.05) is 16.3 Å². The van der Waals surface area contributed by atoms with Crippen molar-refractivity contribution in [2.45, 2.75) is 26.7 Å². The minimum atomic E-state index is -3.00. The molecule has 1 aliphatic rings. The van der Waals surface area contributed by atoms with Crippen LogP contribution in [0, 0.1) is 5.92 Å². The minimum Gasteiger partial charge on any atom is -0.288 e. The van der Waals surface area contributed by atoms with Gasteiger partial charge in [0.1, 0.15) is 0 Å². The fourth-order valence-electron chi connectivity index (χ4n) is 3.16. The van der Waals surface area contributed by atoms with E-state index >= 15 is 0 Å². The molecule has 0 bridgehead atoms. The van der Waals surface area contributed by atoms with Crippen LogP contribution in [0.1, 0.15) is 26.7 Å². The van der Waals surface area contributed by atoms with Crippen molar-refractivity contribution in [3.05, 3.63) is 72.3 Å². The fraction of sp³-hybridized carbons (Fsp3) is 0.250. The van der Waals surface area contributed by atoms with E-state index in [-0.39, 0.29) is 0 Å².